The second kappa shape index (κ2) is 5.10. The number of ketones is 1. The van der Waals surface area contributed by atoms with Gasteiger partial charge < -0.3 is 4.57 Å². The third-order valence-corrected chi connectivity index (χ3v) is 3.75. The number of carbonyl (C=O) groups excluding carboxylic acids is 1. The third-order valence-electron chi connectivity index (χ3n) is 2.49. The Morgan fingerprint density at radius 2 is 2.29 bits per heavy atom. The summed E-state index contributed by atoms with van der Waals surface area (Å²) in [6, 6.07) is 5.67. The van der Waals surface area contributed by atoms with E-state index in [-0.39, 0.29) is 5.78 Å². The molecule has 90 valence electrons. The molecule has 0 atom stereocenters. The maximum absolute atomic E-state index is 10.9. The Kier molecular flexibility index (Phi) is 3.74. The number of fused-ring (bicyclic) bond motifs is 1. The molecule has 0 spiro atoms. The molecule has 0 aliphatic heterocycles. The molecule has 0 aliphatic rings. The number of halogens is 1. The summed E-state index contributed by atoms with van der Waals surface area (Å²) in [7, 11) is 1.97. The van der Waals surface area contributed by atoms with Crippen molar-refractivity contribution in [1.82, 2.24) is 9.55 Å². The molecule has 0 saturated heterocycles. The number of Topliss-reactive ketones (excluding diaryl/α,β-unsaturated/α-hetero) is 1. The van der Waals surface area contributed by atoms with Gasteiger partial charge in [-0.2, -0.15) is 0 Å². The molecule has 2 aromatic rings. The SMILES string of the molecule is CC(=O)CCSc1nc2cc(Cl)ccc2n1C. The van der Waals surface area contributed by atoms with Crippen LogP contribution in [0.15, 0.2) is 23.4 Å². The molecule has 17 heavy (non-hydrogen) atoms. The smallest absolute Gasteiger partial charge is 0.168 e. The Labute approximate surface area is 109 Å². The molecule has 0 radical (unpaired) electrons. The number of thioether (sulfide) groups is 1. The number of rotatable bonds is 4. The van der Waals surface area contributed by atoms with Gasteiger partial charge in [-0.25, -0.2) is 4.98 Å². The Morgan fingerprint density at radius 1 is 1.53 bits per heavy atom. The largest absolute Gasteiger partial charge is 0.322 e. The summed E-state index contributed by atoms with van der Waals surface area (Å²) in [6.07, 6.45) is 0.578. The molecule has 2 rings (SSSR count). The Balaban J connectivity index is 2.23. The average molecular weight is 269 g/mol. The number of benzene rings is 1. The van der Waals surface area contributed by atoms with E-state index in [4.69, 9.17) is 11.6 Å². The van der Waals surface area contributed by atoms with Gasteiger partial charge in [0.15, 0.2) is 5.16 Å². The monoisotopic (exact) mass is 268 g/mol. The minimum Gasteiger partial charge on any atom is -0.322 e. The van der Waals surface area contributed by atoms with Gasteiger partial charge in [0, 0.05) is 24.2 Å². The van der Waals surface area contributed by atoms with E-state index < -0.39 is 0 Å². The highest BCUT2D eigenvalue weighted by atomic mass is 35.5. The fourth-order valence-corrected chi connectivity index (χ4v) is 2.76. The summed E-state index contributed by atoms with van der Waals surface area (Å²) in [4.78, 5) is 15.4. The van der Waals surface area contributed by atoms with Crippen LogP contribution in [0.4, 0.5) is 0 Å². The highest BCUT2D eigenvalue weighted by Gasteiger charge is 2.08. The molecule has 1 aromatic heterocycles. The van der Waals surface area contributed by atoms with E-state index in [1.54, 1.807) is 18.7 Å². The molecular formula is C12H13ClN2OS. The maximum Gasteiger partial charge on any atom is 0.168 e. The first kappa shape index (κ1) is 12.5. The van der Waals surface area contributed by atoms with Crippen LogP contribution in [0.3, 0.4) is 0 Å². The number of hydrogen-bond donors (Lipinski definition) is 0. The van der Waals surface area contributed by atoms with Crippen LogP contribution in [-0.4, -0.2) is 21.1 Å². The summed E-state index contributed by atoms with van der Waals surface area (Å²) in [5.74, 6) is 0.972. The van der Waals surface area contributed by atoms with Gasteiger partial charge in [0.2, 0.25) is 0 Å². The maximum atomic E-state index is 10.9. The second-order valence-electron chi connectivity index (χ2n) is 3.89. The molecular weight excluding hydrogens is 256 g/mol. The van der Waals surface area contributed by atoms with Crippen molar-refractivity contribution in [1.29, 1.82) is 0 Å². The van der Waals surface area contributed by atoms with E-state index >= 15 is 0 Å². The van der Waals surface area contributed by atoms with Crippen LogP contribution in [0.5, 0.6) is 0 Å². The third kappa shape index (κ3) is 2.82. The lowest BCUT2D eigenvalue weighted by Gasteiger charge is -2.00. The number of aryl methyl sites for hydroxylation is 1. The number of carbonyl (C=O) groups is 1. The van der Waals surface area contributed by atoms with Gasteiger partial charge in [-0.3, -0.25) is 4.79 Å². The second-order valence-corrected chi connectivity index (χ2v) is 5.39. The summed E-state index contributed by atoms with van der Waals surface area (Å²) >= 11 is 7.52. The Bertz CT molecular complexity index is 565. The number of aromatic nitrogens is 2. The van der Waals surface area contributed by atoms with E-state index in [0.717, 1.165) is 21.9 Å². The van der Waals surface area contributed by atoms with Crippen molar-refractivity contribution in [3.8, 4) is 0 Å². The van der Waals surface area contributed by atoms with Gasteiger partial charge in [0.1, 0.15) is 5.78 Å². The molecule has 0 N–H and O–H groups in total. The zero-order valence-electron chi connectivity index (χ0n) is 9.74. The van der Waals surface area contributed by atoms with Crippen LogP contribution in [0.25, 0.3) is 11.0 Å². The number of nitrogens with zero attached hydrogens (tertiary/aromatic N) is 2. The van der Waals surface area contributed by atoms with Crippen molar-refractivity contribution in [2.24, 2.45) is 7.05 Å². The van der Waals surface area contributed by atoms with Gasteiger partial charge in [-0.15, -0.1) is 0 Å². The quantitative estimate of drug-likeness (QED) is 0.798. The molecule has 0 amide bonds. The lowest BCUT2D eigenvalue weighted by Crippen LogP contribution is -1.95. The van der Waals surface area contributed by atoms with Crippen LogP contribution < -0.4 is 0 Å². The van der Waals surface area contributed by atoms with E-state index in [1.807, 2.05) is 29.8 Å². The number of hydrogen-bond acceptors (Lipinski definition) is 3. The molecule has 0 fully saturated rings. The van der Waals surface area contributed by atoms with Gasteiger partial charge >= 0.3 is 0 Å². The minimum atomic E-state index is 0.208. The summed E-state index contributed by atoms with van der Waals surface area (Å²) in [5, 5.41) is 1.61. The van der Waals surface area contributed by atoms with Crippen molar-refractivity contribution < 1.29 is 4.79 Å². The molecule has 0 bridgehead atoms. The lowest BCUT2D eigenvalue weighted by atomic mass is 10.3. The molecule has 3 nitrogen and oxygen atoms in total. The van der Waals surface area contributed by atoms with Crippen LogP contribution in [0.1, 0.15) is 13.3 Å². The minimum absolute atomic E-state index is 0.208. The van der Waals surface area contributed by atoms with Gasteiger partial charge in [0.25, 0.3) is 0 Å². The van der Waals surface area contributed by atoms with Crippen LogP contribution in [0, 0.1) is 0 Å². The summed E-state index contributed by atoms with van der Waals surface area (Å²) in [6.45, 7) is 1.61. The highest BCUT2D eigenvalue weighted by Crippen LogP contribution is 2.25. The van der Waals surface area contributed by atoms with E-state index in [9.17, 15) is 4.79 Å². The van der Waals surface area contributed by atoms with Crippen molar-refractivity contribution >= 4 is 40.2 Å². The average Bonchev–Trinajstić information content (AvgIpc) is 2.55. The van der Waals surface area contributed by atoms with Crippen LogP contribution in [-0.2, 0) is 11.8 Å². The predicted molar refractivity (Wildman–Crippen MR) is 71.7 cm³/mol. The van der Waals surface area contributed by atoms with E-state index in [2.05, 4.69) is 4.98 Å². The van der Waals surface area contributed by atoms with Crippen molar-refractivity contribution in [3.63, 3.8) is 0 Å². The first-order chi connectivity index (χ1) is 8.08. The van der Waals surface area contributed by atoms with Gasteiger partial charge in [-0.1, -0.05) is 23.4 Å². The molecule has 0 saturated carbocycles. The molecule has 0 aliphatic carbocycles. The molecule has 1 aromatic carbocycles. The van der Waals surface area contributed by atoms with Crippen molar-refractivity contribution in [2.75, 3.05) is 5.75 Å². The zero-order valence-corrected chi connectivity index (χ0v) is 11.3. The highest BCUT2D eigenvalue weighted by molar-refractivity contribution is 7.99. The zero-order chi connectivity index (χ0) is 12.4. The Morgan fingerprint density at radius 3 is 3.00 bits per heavy atom. The Hall–Kier alpha value is -1.00. The topological polar surface area (TPSA) is 34.9 Å². The van der Waals surface area contributed by atoms with E-state index in [1.165, 1.54) is 0 Å². The lowest BCUT2D eigenvalue weighted by molar-refractivity contribution is -0.116. The molecule has 0 unspecified atom stereocenters. The fourth-order valence-electron chi connectivity index (χ4n) is 1.57. The van der Waals surface area contributed by atoms with Crippen LogP contribution in [0.2, 0.25) is 5.02 Å². The first-order valence-electron chi connectivity index (χ1n) is 5.32. The van der Waals surface area contributed by atoms with Gasteiger partial charge in [0.05, 0.1) is 11.0 Å². The number of imidazole rings is 1. The van der Waals surface area contributed by atoms with Gasteiger partial charge in [-0.05, 0) is 25.1 Å². The first-order valence-corrected chi connectivity index (χ1v) is 6.68. The normalized spacial score (nSPS) is 11.0. The molecule has 1 heterocycles. The summed E-state index contributed by atoms with van der Waals surface area (Å²) < 4.78 is 2.02. The standard InChI is InChI=1S/C12H13ClN2OS/c1-8(16)5-6-17-12-14-10-7-9(13)3-4-11(10)15(12)2/h3-4,7H,5-6H2,1-2H3. The molecule has 5 heteroatoms. The van der Waals surface area contributed by atoms with Crippen LogP contribution >= 0.6 is 23.4 Å². The van der Waals surface area contributed by atoms with Crippen molar-refractivity contribution in [2.45, 2.75) is 18.5 Å². The van der Waals surface area contributed by atoms with Crippen molar-refractivity contribution in [3.05, 3.63) is 23.2 Å². The van der Waals surface area contributed by atoms with E-state index in [0.29, 0.717) is 11.4 Å². The fraction of sp³-hybridized carbons (Fsp3) is 0.333. The predicted octanol–water partition coefficient (Wildman–Crippen LogP) is 3.30. The summed E-state index contributed by atoms with van der Waals surface area (Å²) in [5.41, 5.74) is 1.95.